The smallest absolute Gasteiger partial charge is 0.331 e. The van der Waals surface area contributed by atoms with E-state index in [1.807, 2.05) is 0 Å². The minimum Gasteiger partial charge on any atom is -0.467 e. The number of ether oxygens (including phenoxy) is 1. The lowest BCUT2D eigenvalue weighted by molar-refractivity contribution is -0.147. The first-order chi connectivity index (χ1) is 6.89. The molecule has 0 spiro atoms. The van der Waals surface area contributed by atoms with Crippen LogP contribution >= 0.6 is 15.9 Å². The van der Waals surface area contributed by atoms with E-state index in [4.69, 9.17) is 5.73 Å². The van der Waals surface area contributed by atoms with Crippen molar-refractivity contribution in [1.29, 1.82) is 0 Å². The van der Waals surface area contributed by atoms with Crippen LogP contribution in [0.4, 0.5) is 4.39 Å². The molecule has 82 valence electrons. The summed E-state index contributed by atoms with van der Waals surface area (Å²) in [5.41, 5.74) is 3.93. The molecule has 15 heavy (non-hydrogen) atoms. The SMILES string of the molecule is COC(=O)[C@@](C)(N)c1ncc(Br)cc1F. The van der Waals surface area contributed by atoms with E-state index >= 15 is 0 Å². The van der Waals surface area contributed by atoms with Crippen molar-refractivity contribution in [2.45, 2.75) is 12.5 Å². The monoisotopic (exact) mass is 276 g/mol. The summed E-state index contributed by atoms with van der Waals surface area (Å²) in [6.07, 6.45) is 1.37. The highest BCUT2D eigenvalue weighted by Crippen LogP contribution is 2.22. The first-order valence-electron chi connectivity index (χ1n) is 4.08. The molecule has 0 saturated carbocycles. The van der Waals surface area contributed by atoms with Gasteiger partial charge in [0.1, 0.15) is 11.5 Å². The third kappa shape index (κ3) is 2.32. The van der Waals surface area contributed by atoms with E-state index in [0.717, 1.165) is 0 Å². The Bertz CT molecular complexity index is 396. The van der Waals surface area contributed by atoms with Gasteiger partial charge in [0.2, 0.25) is 0 Å². The van der Waals surface area contributed by atoms with Crippen molar-refractivity contribution in [2.75, 3.05) is 7.11 Å². The summed E-state index contributed by atoms with van der Waals surface area (Å²) >= 11 is 3.06. The predicted molar refractivity (Wildman–Crippen MR) is 55.5 cm³/mol. The molecule has 0 aliphatic rings. The fraction of sp³-hybridized carbons (Fsp3) is 0.333. The number of methoxy groups -OCH3 is 1. The molecule has 1 atom stereocenters. The average molecular weight is 277 g/mol. The molecule has 1 heterocycles. The lowest BCUT2D eigenvalue weighted by atomic mass is 9.98. The second kappa shape index (κ2) is 4.24. The van der Waals surface area contributed by atoms with Gasteiger partial charge in [0.15, 0.2) is 5.54 Å². The lowest BCUT2D eigenvalue weighted by Gasteiger charge is -2.21. The quantitative estimate of drug-likeness (QED) is 0.828. The van der Waals surface area contributed by atoms with Crippen molar-refractivity contribution in [3.05, 3.63) is 28.2 Å². The lowest BCUT2D eigenvalue weighted by Crippen LogP contribution is -2.44. The van der Waals surface area contributed by atoms with Crippen LogP contribution in [0.15, 0.2) is 16.7 Å². The van der Waals surface area contributed by atoms with Gasteiger partial charge >= 0.3 is 5.97 Å². The number of esters is 1. The van der Waals surface area contributed by atoms with Crippen LogP contribution in [0.1, 0.15) is 12.6 Å². The standard InChI is InChI=1S/C9H10BrFN2O2/c1-9(12,8(14)15-2)7-6(11)3-5(10)4-13-7/h3-4H,12H2,1-2H3/t9-/m0/s1. The number of aromatic nitrogens is 1. The summed E-state index contributed by atoms with van der Waals surface area (Å²) in [5.74, 6) is -1.39. The number of nitrogens with two attached hydrogens (primary N) is 1. The Balaban J connectivity index is 3.21. The van der Waals surface area contributed by atoms with Crippen molar-refractivity contribution < 1.29 is 13.9 Å². The average Bonchev–Trinajstić information content (AvgIpc) is 2.15. The van der Waals surface area contributed by atoms with Crippen LogP contribution in [0.3, 0.4) is 0 Å². The highest BCUT2D eigenvalue weighted by Gasteiger charge is 2.35. The van der Waals surface area contributed by atoms with Gasteiger partial charge in [-0.2, -0.15) is 0 Å². The first-order valence-corrected chi connectivity index (χ1v) is 4.87. The van der Waals surface area contributed by atoms with Crippen molar-refractivity contribution in [3.63, 3.8) is 0 Å². The van der Waals surface area contributed by atoms with E-state index in [1.165, 1.54) is 26.3 Å². The molecule has 0 bridgehead atoms. The molecule has 1 rings (SSSR count). The zero-order chi connectivity index (χ0) is 11.6. The number of halogens is 2. The molecule has 1 aromatic heterocycles. The number of carbonyl (C=O) groups excluding carboxylic acids is 1. The number of rotatable bonds is 2. The molecule has 0 aliphatic carbocycles. The molecule has 1 aromatic rings. The largest absolute Gasteiger partial charge is 0.467 e. The Labute approximate surface area is 94.8 Å². The van der Waals surface area contributed by atoms with E-state index in [1.54, 1.807) is 0 Å². The van der Waals surface area contributed by atoms with Gasteiger partial charge in [-0.05, 0) is 28.9 Å². The Kier molecular flexibility index (Phi) is 3.41. The van der Waals surface area contributed by atoms with Crippen LogP contribution in [0.25, 0.3) is 0 Å². The highest BCUT2D eigenvalue weighted by atomic mass is 79.9. The summed E-state index contributed by atoms with van der Waals surface area (Å²) in [5, 5.41) is 0. The van der Waals surface area contributed by atoms with E-state index in [2.05, 4.69) is 25.7 Å². The van der Waals surface area contributed by atoms with Crippen molar-refractivity contribution >= 4 is 21.9 Å². The minimum atomic E-state index is -1.58. The van der Waals surface area contributed by atoms with Crippen LogP contribution in [0, 0.1) is 5.82 Å². The van der Waals surface area contributed by atoms with Crippen LogP contribution in [-0.4, -0.2) is 18.1 Å². The van der Waals surface area contributed by atoms with Gasteiger partial charge in [-0.3, -0.25) is 4.98 Å². The van der Waals surface area contributed by atoms with E-state index < -0.39 is 17.3 Å². The maximum Gasteiger partial charge on any atom is 0.331 e. The van der Waals surface area contributed by atoms with Crippen LogP contribution < -0.4 is 5.73 Å². The topological polar surface area (TPSA) is 65.2 Å². The Morgan fingerprint density at radius 1 is 1.73 bits per heavy atom. The van der Waals surface area contributed by atoms with Crippen LogP contribution in [0.2, 0.25) is 0 Å². The Morgan fingerprint density at radius 2 is 2.33 bits per heavy atom. The van der Waals surface area contributed by atoms with Gasteiger partial charge in [0.25, 0.3) is 0 Å². The maximum atomic E-state index is 13.5. The number of nitrogens with zero attached hydrogens (tertiary/aromatic N) is 1. The molecular formula is C9H10BrFN2O2. The van der Waals surface area contributed by atoms with E-state index in [-0.39, 0.29) is 5.69 Å². The number of pyridine rings is 1. The third-order valence-electron chi connectivity index (χ3n) is 1.91. The van der Waals surface area contributed by atoms with Gasteiger partial charge in [-0.25, -0.2) is 9.18 Å². The molecule has 0 fully saturated rings. The molecule has 6 heteroatoms. The molecule has 0 saturated heterocycles. The molecule has 2 N–H and O–H groups in total. The molecule has 4 nitrogen and oxygen atoms in total. The second-order valence-electron chi connectivity index (χ2n) is 3.18. The summed E-state index contributed by atoms with van der Waals surface area (Å²) in [6.45, 7) is 1.35. The molecule has 0 aliphatic heterocycles. The van der Waals surface area contributed by atoms with Crippen molar-refractivity contribution in [1.82, 2.24) is 4.98 Å². The zero-order valence-corrected chi connectivity index (χ0v) is 9.84. The predicted octanol–water partition coefficient (Wildman–Crippen LogP) is 1.33. The van der Waals surface area contributed by atoms with Gasteiger partial charge in [-0.1, -0.05) is 0 Å². The van der Waals surface area contributed by atoms with Crippen LogP contribution in [-0.2, 0) is 15.1 Å². The first kappa shape index (κ1) is 12.1. The Morgan fingerprint density at radius 3 is 2.80 bits per heavy atom. The normalized spacial score (nSPS) is 14.5. The van der Waals surface area contributed by atoms with E-state index in [0.29, 0.717) is 4.47 Å². The van der Waals surface area contributed by atoms with Gasteiger partial charge in [0.05, 0.1) is 7.11 Å². The zero-order valence-electron chi connectivity index (χ0n) is 8.25. The van der Waals surface area contributed by atoms with Gasteiger partial charge in [-0.15, -0.1) is 0 Å². The summed E-state index contributed by atoms with van der Waals surface area (Å²) < 4.78 is 18.4. The van der Waals surface area contributed by atoms with Crippen molar-refractivity contribution in [3.8, 4) is 0 Å². The van der Waals surface area contributed by atoms with Gasteiger partial charge in [0, 0.05) is 10.7 Å². The van der Waals surface area contributed by atoms with Gasteiger partial charge < -0.3 is 10.5 Å². The Hall–Kier alpha value is -1.01. The molecule has 0 radical (unpaired) electrons. The molecule has 0 amide bonds. The number of hydrogen-bond donors (Lipinski definition) is 1. The minimum absolute atomic E-state index is 0.141. The van der Waals surface area contributed by atoms with E-state index in [9.17, 15) is 9.18 Å². The summed E-state index contributed by atoms with van der Waals surface area (Å²) in [4.78, 5) is 15.1. The fourth-order valence-corrected chi connectivity index (χ4v) is 1.41. The third-order valence-corrected chi connectivity index (χ3v) is 2.34. The fourth-order valence-electron chi connectivity index (χ4n) is 1.11. The summed E-state index contributed by atoms with van der Waals surface area (Å²) in [6, 6.07) is 1.19. The summed E-state index contributed by atoms with van der Waals surface area (Å²) in [7, 11) is 1.18. The molecule has 0 unspecified atom stereocenters. The van der Waals surface area contributed by atoms with Crippen molar-refractivity contribution in [2.24, 2.45) is 5.73 Å². The second-order valence-corrected chi connectivity index (χ2v) is 4.09. The molecular weight excluding hydrogens is 267 g/mol. The number of carbonyl (C=O) groups is 1. The van der Waals surface area contributed by atoms with Crippen LogP contribution in [0.5, 0.6) is 0 Å². The highest BCUT2D eigenvalue weighted by molar-refractivity contribution is 9.10. The number of hydrogen-bond acceptors (Lipinski definition) is 4. The molecule has 0 aromatic carbocycles. The maximum absolute atomic E-state index is 13.5.